The van der Waals surface area contributed by atoms with Crippen molar-refractivity contribution < 1.29 is 14.3 Å². The third kappa shape index (κ3) is 3.88. The quantitative estimate of drug-likeness (QED) is 0.416. The molecule has 34 heavy (non-hydrogen) atoms. The lowest BCUT2D eigenvalue weighted by Gasteiger charge is -2.31. The number of urea groups is 1. The third-order valence-corrected chi connectivity index (χ3v) is 6.22. The predicted octanol–water partition coefficient (Wildman–Crippen LogP) is 5.94. The molecule has 172 valence electrons. The number of ether oxygens (including phenoxy) is 2. The van der Waals surface area contributed by atoms with Gasteiger partial charge in [0, 0.05) is 23.6 Å². The first-order valence-electron chi connectivity index (χ1n) is 11.2. The lowest BCUT2D eigenvalue weighted by Crippen LogP contribution is -2.38. The number of anilines is 1. The van der Waals surface area contributed by atoms with Crippen molar-refractivity contribution in [1.29, 1.82) is 0 Å². The van der Waals surface area contributed by atoms with Gasteiger partial charge in [0.25, 0.3) is 0 Å². The van der Waals surface area contributed by atoms with E-state index in [1.165, 1.54) is 0 Å². The number of amides is 2. The Morgan fingerprint density at radius 1 is 0.912 bits per heavy atom. The van der Waals surface area contributed by atoms with Gasteiger partial charge in [-0.1, -0.05) is 48.0 Å². The van der Waals surface area contributed by atoms with Gasteiger partial charge in [0.05, 0.1) is 32.5 Å². The summed E-state index contributed by atoms with van der Waals surface area (Å²) in [6.45, 7) is 2.54. The summed E-state index contributed by atoms with van der Waals surface area (Å²) in [5, 5.41) is 3.08. The van der Waals surface area contributed by atoms with Crippen LogP contribution in [0.1, 0.15) is 28.4 Å². The van der Waals surface area contributed by atoms with E-state index in [4.69, 9.17) is 9.47 Å². The van der Waals surface area contributed by atoms with Gasteiger partial charge in [-0.2, -0.15) is 0 Å². The number of nitrogens with one attached hydrogen (secondary N) is 1. The average molecular weight is 454 g/mol. The Labute approximate surface area is 199 Å². The Balaban J connectivity index is 1.59. The summed E-state index contributed by atoms with van der Waals surface area (Å²) < 4.78 is 12.9. The summed E-state index contributed by atoms with van der Waals surface area (Å²) in [5.41, 5.74) is 6.06. The van der Waals surface area contributed by atoms with Crippen LogP contribution in [0.4, 0.5) is 10.5 Å². The van der Waals surface area contributed by atoms with E-state index in [9.17, 15) is 4.79 Å². The van der Waals surface area contributed by atoms with Gasteiger partial charge < -0.3 is 24.3 Å². The van der Waals surface area contributed by atoms with Gasteiger partial charge in [-0.05, 0) is 48.4 Å². The van der Waals surface area contributed by atoms with Crippen molar-refractivity contribution in [3.63, 3.8) is 0 Å². The molecule has 4 aromatic rings. The molecular weight excluding hydrogens is 426 g/mol. The summed E-state index contributed by atoms with van der Waals surface area (Å²) in [7, 11) is 3.17. The van der Waals surface area contributed by atoms with Gasteiger partial charge in [0.2, 0.25) is 0 Å². The van der Waals surface area contributed by atoms with Crippen molar-refractivity contribution in [3.05, 3.63) is 107 Å². The molecule has 6 heteroatoms. The molecule has 0 bridgehead atoms. The summed E-state index contributed by atoms with van der Waals surface area (Å²) in [6, 6.07) is 25.6. The first-order valence-corrected chi connectivity index (χ1v) is 11.2. The van der Waals surface area contributed by atoms with E-state index < -0.39 is 0 Å². The van der Waals surface area contributed by atoms with Gasteiger partial charge in [0.1, 0.15) is 0 Å². The van der Waals surface area contributed by atoms with E-state index in [-0.39, 0.29) is 12.1 Å². The van der Waals surface area contributed by atoms with E-state index in [0.29, 0.717) is 23.7 Å². The highest BCUT2D eigenvalue weighted by Crippen LogP contribution is 2.37. The van der Waals surface area contributed by atoms with E-state index in [1.807, 2.05) is 35.2 Å². The number of aromatic nitrogens is 1. The Hall–Kier alpha value is -4.19. The van der Waals surface area contributed by atoms with Crippen LogP contribution in [0.3, 0.4) is 0 Å². The molecule has 2 heterocycles. The average Bonchev–Trinajstić information content (AvgIpc) is 3.28. The van der Waals surface area contributed by atoms with Crippen LogP contribution >= 0.6 is 0 Å². The predicted molar refractivity (Wildman–Crippen MR) is 133 cm³/mol. The van der Waals surface area contributed by atoms with Crippen LogP contribution in [0.25, 0.3) is 5.69 Å². The van der Waals surface area contributed by atoms with Crippen molar-refractivity contribution >= 4 is 11.7 Å². The molecule has 3 aromatic carbocycles. The van der Waals surface area contributed by atoms with E-state index >= 15 is 0 Å². The zero-order valence-corrected chi connectivity index (χ0v) is 19.5. The van der Waals surface area contributed by atoms with Gasteiger partial charge in [-0.15, -0.1) is 0 Å². The highest BCUT2D eigenvalue weighted by Gasteiger charge is 2.33. The number of benzene rings is 3. The van der Waals surface area contributed by atoms with Crippen LogP contribution in [0, 0.1) is 6.92 Å². The maximum absolute atomic E-state index is 13.8. The topological polar surface area (TPSA) is 55.7 Å². The molecule has 1 aromatic heterocycles. The lowest BCUT2D eigenvalue weighted by molar-refractivity contribution is 0.194. The Kier molecular flexibility index (Phi) is 5.72. The molecule has 1 atom stereocenters. The van der Waals surface area contributed by atoms with Gasteiger partial charge in [-0.3, -0.25) is 0 Å². The molecule has 1 N–H and O–H groups in total. The van der Waals surface area contributed by atoms with Crippen molar-refractivity contribution in [2.45, 2.75) is 19.5 Å². The second-order valence-electron chi connectivity index (χ2n) is 8.38. The van der Waals surface area contributed by atoms with Crippen LogP contribution in [-0.4, -0.2) is 29.7 Å². The molecule has 1 aliphatic heterocycles. The van der Waals surface area contributed by atoms with E-state index in [1.54, 1.807) is 26.4 Å². The van der Waals surface area contributed by atoms with Crippen molar-refractivity contribution in [3.8, 4) is 17.2 Å². The van der Waals surface area contributed by atoms with E-state index in [0.717, 1.165) is 28.1 Å². The maximum Gasteiger partial charge on any atom is 0.322 e. The number of rotatable bonds is 4. The molecule has 0 saturated carbocycles. The summed E-state index contributed by atoms with van der Waals surface area (Å²) in [4.78, 5) is 15.7. The van der Waals surface area contributed by atoms with Crippen LogP contribution in [0.2, 0.25) is 0 Å². The number of fused-ring (bicyclic) bond motifs is 3. The first kappa shape index (κ1) is 21.6. The molecule has 0 spiro atoms. The summed E-state index contributed by atoms with van der Waals surface area (Å²) in [6.07, 6.45) is 2.06. The fourth-order valence-electron chi connectivity index (χ4n) is 4.64. The number of carbonyl (C=O) groups excluding carboxylic acids is 1. The van der Waals surface area contributed by atoms with Crippen LogP contribution < -0.4 is 14.8 Å². The first-order chi connectivity index (χ1) is 16.6. The minimum absolute atomic E-state index is 0.192. The smallest absolute Gasteiger partial charge is 0.322 e. The molecule has 2 amide bonds. The molecular formula is C28H27N3O3. The molecule has 1 aliphatic rings. The standard InChI is InChI=1S/C28H27N3O3/c1-19-8-6-10-20(16-19)27-24-12-7-15-30(24)23-11-5-4-9-21(23)18-31(27)28(32)29-22-13-14-25(33-2)26(17-22)34-3/h4-17,27H,18H2,1-3H3,(H,29,32). The minimum Gasteiger partial charge on any atom is -0.493 e. The SMILES string of the molecule is COc1ccc(NC(=O)N2Cc3ccccc3-n3cccc3C2c2cccc(C)c2)cc1OC. The van der Waals surface area contributed by atoms with Gasteiger partial charge in [0.15, 0.2) is 11.5 Å². The largest absolute Gasteiger partial charge is 0.493 e. The number of methoxy groups -OCH3 is 2. The van der Waals surface area contributed by atoms with Crippen LogP contribution in [0.15, 0.2) is 85.1 Å². The number of para-hydroxylation sites is 1. The normalized spacial score (nSPS) is 14.6. The zero-order valence-electron chi connectivity index (χ0n) is 19.5. The summed E-state index contributed by atoms with van der Waals surface area (Å²) in [5.74, 6) is 1.17. The number of carbonyl (C=O) groups is 1. The molecule has 0 saturated heterocycles. The van der Waals surface area contributed by atoms with Gasteiger partial charge >= 0.3 is 6.03 Å². The van der Waals surface area contributed by atoms with Crippen molar-refractivity contribution in [1.82, 2.24) is 9.47 Å². The fraction of sp³-hybridized carbons (Fsp3) is 0.179. The lowest BCUT2D eigenvalue weighted by atomic mass is 10.00. The number of hydrogen-bond donors (Lipinski definition) is 1. The number of hydrogen-bond acceptors (Lipinski definition) is 3. The Morgan fingerprint density at radius 2 is 1.74 bits per heavy atom. The Morgan fingerprint density at radius 3 is 2.53 bits per heavy atom. The second-order valence-corrected chi connectivity index (χ2v) is 8.38. The van der Waals surface area contributed by atoms with E-state index in [2.05, 4.69) is 59.4 Å². The molecule has 0 aliphatic carbocycles. The maximum atomic E-state index is 13.8. The monoisotopic (exact) mass is 453 g/mol. The fourth-order valence-corrected chi connectivity index (χ4v) is 4.64. The Bertz CT molecular complexity index is 1340. The minimum atomic E-state index is -0.262. The molecule has 6 nitrogen and oxygen atoms in total. The van der Waals surface area contributed by atoms with Crippen molar-refractivity contribution in [2.24, 2.45) is 0 Å². The van der Waals surface area contributed by atoms with Crippen LogP contribution in [-0.2, 0) is 6.54 Å². The second kappa shape index (κ2) is 8.98. The highest BCUT2D eigenvalue weighted by molar-refractivity contribution is 5.90. The molecule has 5 rings (SSSR count). The molecule has 0 fully saturated rings. The van der Waals surface area contributed by atoms with Crippen LogP contribution in [0.5, 0.6) is 11.5 Å². The number of nitrogens with zero attached hydrogens (tertiary/aromatic N) is 2. The third-order valence-electron chi connectivity index (χ3n) is 6.22. The zero-order chi connectivity index (χ0) is 23.7. The molecule has 1 unspecified atom stereocenters. The highest BCUT2D eigenvalue weighted by atomic mass is 16.5. The van der Waals surface area contributed by atoms with Crippen molar-refractivity contribution in [2.75, 3.05) is 19.5 Å². The number of aryl methyl sites for hydroxylation is 1. The van der Waals surface area contributed by atoms with Gasteiger partial charge in [-0.25, -0.2) is 4.79 Å². The molecule has 0 radical (unpaired) electrons. The summed E-state index contributed by atoms with van der Waals surface area (Å²) >= 11 is 0.